The average molecular weight is 350 g/mol. The summed E-state index contributed by atoms with van der Waals surface area (Å²) in [6.07, 6.45) is 3.31. The van der Waals surface area contributed by atoms with Gasteiger partial charge in [-0.2, -0.15) is 0 Å². The highest BCUT2D eigenvalue weighted by Gasteiger charge is 2.12. The molecule has 26 heavy (non-hydrogen) atoms. The van der Waals surface area contributed by atoms with E-state index >= 15 is 0 Å². The number of nitrogens with zero attached hydrogens (tertiary/aromatic N) is 3. The van der Waals surface area contributed by atoms with Gasteiger partial charge in [-0.05, 0) is 48.9 Å². The second-order valence-corrected chi connectivity index (χ2v) is 5.44. The maximum Gasteiger partial charge on any atom is 0.316 e. The standard InChI is InChI=1S/C18H18N6O2/c1-11-10-12(5-6-14(11)23-17(19)25)26-16-13(4-3-8-21-16)15-7-9-22-18(20-2)24-15/h3-10H,1-2H3,(H3,19,23,25)(H,20,22,24). The number of hydrogen-bond donors (Lipinski definition) is 3. The lowest BCUT2D eigenvalue weighted by atomic mass is 10.2. The largest absolute Gasteiger partial charge is 0.438 e. The summed E-state index contributed by atoms with van der Waals surface area (Å²) in [7, 11) is 1.75. The van der Waals surface area contributed by atoms with Crippen LogP contribution in [0.2, 0.25) is 0 Å². The van der Waals surface area contributed by atoms with Crippen molar-refractivity contribution in [2.75, 3.05) is 17.7 Å². The van der Waals surface area contributed by atoms with Gasteiger partial charge in [-0.1, -0.05) is 0 Å². The Morgan fingerprint density at radius 2 is 2.00 bits per heavy atom. The van der Waals surface area contributed by atoms with Gasteiger partial charge in [-0.3, -0.25) is 0 Å². The number of ether oxygens (including phenoxy) is 1. The van der Waals surface area contributed by atoms with Crippen molar-refractivity contribution in [1.82, 2.24) is 15.0 Å². The van der Waals surface area contributed by atoms with Crippen LogP contribution in [0.4, 0.5) is 16.4 Å². The molecule has 0 bridgehead atoms. The van der Waals surface area contributed by atoms with E-state index in [0.29, 0.717) is 29.0 Å². The van der Waals surface area contributed by atoms with Crippen LogP contribution >= 0.6 is 0 Å². The number of aryl methyl sites for hydroxylation is 1. The van der Waals surface area contributed by atoms with Crippen LogP contribution in [0.1, 0.15) is 5.56 Å². The van der Waals surface area contributed by atoms with Crippen LogP contribution in [0, 0.1) is 6.92 Å². The van der Waals surface area contributed by atoms with Crippen molar-refractivity contribution < 1.29 is 9.53 Å². The van der Waals surface area contributed by atoms with Gasteiger partial charge in [0, 0.05) is 25.1 Å². The lowest BCUT2D eigenvalue weighted by molar-refractivity contribution is 0.259. The third-order valence-electron chi connectivity index (χ3n) is 3.60. The number of urea groups is 1. The monoisotopic (exact) mass is 350 g/mol. The fourth-order valence-electron chi connectivity index (χ4n) is 2.38. The number of nitrogens with two attached hydrogens (primary N) is 1. The predicted octanol–water partition coefficient (Wildman–Crippen LogP) is 3.17. The molecule has 4 N–H and O–H groups in total. The van der Waals surface area contributed by atoms with Crippen LogP contribution < -0.4 is 21.1 Å². The Kier molecular flexibility index (Phi) is 4.93. The molecule has 0 aliphatic carbocycles. The lowest BCUT2D eigenvalue weighted by Gasteiger charge is -2.12. The van der Waals surface area contributed by atoms with Gasteiger partial charge >= 0.3 is 6.03 Å². The summed E-state index contributed by atoms with van der Waals surface area (Å²) in [5, 5.41) is 5.47. The summed E-state index contributed by atoms with van der Waals surface area (Å²) < 4.78 is 5.94. The molecular formula is C18H18N6O2. The summed E-state index contributed by atoms with van der Waals surface area (Å²) in [6, 6.07) is 10.1. The molecule has 1 aromatic carbocycles. The minimum absolute atomic E-state index is 0.420. The quantitative estimate of drug-likeness (QED) is 0.651. The van der Waals surface area contributed by atoms with E-state index in [9.17, 15) is 4.79 Å². The molecule has 2 heterocycles. The van der Waals surface area contributed by atoms with E-state index in [1.165, 1.54) is 0 Å². The van der Waals surface area contributed by atoms with Crippen molar-refractivity contribution in [3.63, 3.8) is 0 Å². The first-order valence-electron chi connectivity index (χ1n) is 7.88. The van der Waals surface area contributed by atoms with E-state index in [4.69, 9.17) is 10.5 Å². The lowest BCUT2D eigenvalue weighted by Crippen LogP contribution is -2.19. The topological polar surface area (TPSA) is 115 Å². The molecule has 0 fully saturated rings. The van der Waals surface area contributed by atoms with Crippen LogP contribution in [0.25, 0.3) is 11.3 Å². The van der Waals surface area contributed by atoms with Gasteiger partial charge in [0.2, 0.25) is 11.8 Å². The van der Waals surface area contributed by atoms with E-state index in [-0.39, 0.29) is 0 Å². The smallest absolute Gasteiger partial charge is 0.316 e. The molecule has 0 saturated heterocycles. The molecule has 0 unspecified atom stereocenters. The van der Waals surface area contributed by atoms with Crippen molar-refractivity contribution in [3.05, 3.63) is 54.4 Å². The number of nitrogens with one attached hydrogen (secondary N) is 2. The fourth-order valence-corrected chi connectivity index (χ4v) is 2.38. The number of pyridine rings is 1. The molecule has 0 spiro atoms. The third-order valence-corrected chi connectivity index (χ3v) is 3.60. The number of benzene rings is 1. The zero-order valence-electron chi connectivity index (χ0n) is 14.4. The maximum atomic E-state index is 11.0. The van der Waals surface area contributed by atoms with Gasteiger partial charge < -0.3 is 21.1 Å². The van der Waals surface area contributed by atoms with Gasteiger partial charge in [0.1, 0.15) is 5.75 Å². The number of carbonyl (C=O) groups excluding carboxylic acids is 1. The fraction of sp³-hybridized carbons (Fsp3) is 0.111. The van der Waals surface area contributed by atoms with Crippen molar-refractivity contribution >= 4 is 17.7 Å². The minimum atomic E-state index is -0.613. The zero-order chi connectivity index (χ0) is 18.5. The number of aromatic nitrogens is 3. The normalized spacial score (nSPS) is 10.2. The first kappa shape index (κ1) is 17.2. The molecular weight excluding hydrogens is 332 g/mol. The molecule has 0 saturated carbocycles. The van der Waals surface area contributed by atoms with Crippen molar-refractivity contribution in [2.24, 2.45) is 5.73 Å². The van der Waals surface area contributed by atoms with Crippen molar-refractivity contribution in [2.45, 2.75) is 6.92 Å². The Bertz CT molecular complexity index is 944. The zero-order valence-corrected chi connectivity index (χ0v) is 14.4. The van der Waals surface area contributed by atoms with Crippen LogP contribution in [0.15, 0.2) is 48.8 Å². The molecule has 3 rings (SSSR count). The van der Waals surface area contributed by atoms with Gasteiger partial charge in [0.15, 0.2) is 0 Å². The molecule has 8 nitrogen and oxygen atoms in total. The van der Waals surface area contributed by atoms with Crippen LogP contribution in [0.3, 0.4) is 0 Å². The molecule has 3 aromatic rings. The summed E-state index contributed by atoms with van der Waals surface area (Å²) in [6.45, 7) is 1.85. The second-order valence-electron chi connectivity index (χ2n) is 5.44. The molecule has 2 aromatic heterocycles. The van der Waals surface area contributed by atoms with Gasteiger partial charge in [-0.25, -0.2) is 19.7 Å². The Labute approximate surface area is 150 Å². The highest BCUT2D eigenvalue weighted by Crippen LogP contribution is 2.31. The van der Waals surface area contributed by atoms with Crippen molar-refractivity contribution in [3.8, 4) is 22.9 Å². The van der Waals surface area contributed by atoms with Gasteiger partial charge in [0.05, 0.1) is 11.3 Å². The predicted molar refractivity (Wildman–Crippen MR) is 99.3 cm³/mol. The van der Waals surface area contributed by atoms with Gasteiger partial charge in [0.25, 0.3) is 0 Å². The number of primary amides is 1. The first-order valence-corrected chi connectivity index (χ1v) is 7.88. The number of carbonyl (C=O) groups is 1. The molecule has 0 atom stereocenters. The van der Waals surface area contributed by atoms with E-state index in [0.717, 1.165) is 11.1 Å². The molecule has 132 valence electrons. The minimum Gasteiger partial charge on any atom is -0.438 e. The SMILES string of the molecule is CNc1nccc(-c2cccnc2Oc2ccc(NC(N)=O)c(C)c2)n1. The molecule has 2 amide bonds. The average Bonchev–Trinajstić information content (AvgIpc) is 2.64. The Balaban J connectivity index is 1.91. The highest BCUT2D eigenvalue weighted by atomic mass is 16.5. The van der Waals surface area contributed by atoms with Crippen LogP contribution in [-0.2, 0) is 0 Å². The highest BCUT2D eigenvalue weighted by molar-refractivity contribution is 5.88. The first-order chi connectivity index (χ1) is 12.6. The molecule has 8 heteroatoms. The van der Waals surface area contributed by atoms with Gasteiger partial charge in [-0.15, -0.1) is 0 Å². The summed E-state index contributed by atoms with van der Waals surface area (Å²) in [4.78, 5) is 23.9. The number of rotatable bonds is 5. The van der Waals surface area contributed by atoms with Crippen LogP contribution in [0.5, 0.6) is 11.6 Å². The molecule has 0 aliphatic rings. The van der Waals surface area contributed by atoms with Crippen molar-refractivity contribution in [1.29, 1.82) is 0 Å². The number of amides is 2. The van der Waals surface area contributed by atoms with E-state index in [1.807, 2.05) is 19.1 Å². The number of hydrogen-bond acceptors (Lipinski definition) is 6. The van der Waals surface area contributed by atoms with E-state index < -0.39 is 6.03 Å². The summed E-state index contributed by atoms with van der Waals surface area (Å²) in [5.41, 5.74) is 8.03. The van der Waals surface area contributed by atoms with E-state index in [2.05, 4.69) is 25.6 Å². The van der Waals surface area contributed by atoms with E-state index in [1.54, 1.807) is 43.7 Å². The summed E-state index contributed by atoms with van der Waals surface area (Å²) in [5.74, 6) is 1.51. The number of anilines is 2. The Hall–Kier alpha value is -3.68. The second kappa shape index (κ2) is 7.47. The Morgan fingerprint density at radius 3 is 2.73 bits per heavy atom. The third kappa shape index (κ3) is 3.86. The summed E-state index contributed by atoms with van der Waals surface area (Å²) >= 11 is 0. The molecule has 0 radical (unpaired) electrons. The maximum absolute atomic E-state index is 11.0. The Morgan fingerprint density at radius 1 is 1.15 bits per heavy atom. The molecule has 0 aliphatic heterocycles. The van der Waals surface area contributed by atoms with Crippen LogP contribution in [-0.4, -0.2) is 28.0 Å².